The quantitative estimate of drug-likeness (QED) is 0.748. The predicted molar refractivity (Wildman–Crippen MR) is 64.1 cm³/mol. The van der Waals surface area contributed by atoms with E-state index in [9.17, 15) is 0 Å². The molecule has 0 radical (unpaired) electrons. The lowest BCUT2D eigenvalue weighted by molar-refractivity contribution is 0.379. The van der Waals surface area contributed by atoms with Crippen molar-refractivity contribution in [3.8, 4) is 0 Å². The van der Waals surface area contributed by atoms with E-state index in [0.29, 0.717) is 24.2 Å². The first-order chi connectivity index (χ1) is 8.70. The molecule has 92 valence electrons. The van der Waals surface area contributed by atoms with Crippen LogP contribution in [0.1, 0.15) is 17.3 Å². The van der Waals surface area contributed by atoms with Gasteiger partial charge in [0.25, 0.3) is 0 Å². The van der Waals surface area contributed by atoms with Crippen LogP contribution >= 0.6 is 0 Å². The van der Waals surface area contributed by atoms with Gasteiger partial charge in [-0.25, -0.2) is 4.52 Å². The molecule has 7 nitrogen and oxygen atoms in total. The van der Waals surface area contributed by atoms with E-state index in [1.165, 1.54) is 0 Å². The number of hydrogen-bond donors (Lipinski definition) is 1. The van der Waals surface area contributed by atoms with E-state index < -0.39 is 0 Å². The smallest absolute Gasteiger partial charge is 0.246 e. The summed E-state index contributed by atoms with van der Waals surface area (Å²) in [4.78, 5) is 8.42. The van der Waals surface area contributed by atoms with Gasteiger partial charge in [0.05, 0.1) is 6.54 Å². The molecular formula is C11H12N6O. The second-order valence-corrected chi connectivity index (χ2v) is 4.03. The van der Waals surface area contributed by atoms with Gasteiger partial charge >= 0.3 is 0 Å². The number of aryl methyl sites for hydroxylation is 2. The van der Waals surface area contributed by atoms with Gasteiger partial charge in [0.2, 0.25) is 11.8 Å². The van der Waals surface area contributed by atoms with Crippen molar-refractivity contribution in [3.63, 3.8) is 0 Å². The van der Waals surface area contributed by atoms with Gasteiger partial charge in [-0.05, 0) is 25.5 Å². The van der Waals surface area contributed by atoms with E-state index in [0.717, 1.165) is 11.2 Å². The highest BCUT2D eigenvalue weighted by Gasteiger charge is 2.06. The summed E-state index contributed by atoms with van der Waals surface area (Å²) < 4.78 is 6.73. The largest absolute Gasteiger partial charge is 0.344 e. The van der Waals surface area contributed by atoms with Crippen LogP contribution in [0.15, 0.2) is 22.9 Å². The van der Waals surface area contributed by atoms with Crippen LogP contribution in [0.3, 0.4) is 0 Å². The van der Waals surface area contributed by atoms with E-state index in [4.69, 9.17) is 4.52 Å². The minimum absolute atomic E-state index is 0.413. The Labute approximate surface area is 103 Å². The van der Waals surface area contributed by atoms with Gasteiger partial charge < -0.3 is 9.84 Å². The molecule has 3 aromatic rings. The summed E-state index contributed by atoms with van der Waals surface area (Å²) in [7, 11) is 0. The highest BCUT2D eigenvalue weighted by atomic mass is 16.5. The molecule has 3 aromatic heterocycles. The van der Waals surface area contributed by atoms with Crippen molar-refractivity contribution in [2.24, 2.45) is 0 Å². The van der Waals surface area contributed by atoms with Gasteiger partial charge in [-0.2, -0.15) is 9.97 Å². The minimum atomic E-state index is 0.413. The second-order valence-electron chi connectivity index (χ2n) is 4.03. The Hall–Kier alpha value is -2.44. The van der Waals surface area contributed by atoms with Crippen LogP contribution in [0.2, 0.25) is 0 Å². The molecule has 0 aliphatic heterocycles. The lowest BCUT2D eigenvalue weighted by Crippen LogP contribution is -2.01. The van der Waals surface area contributed by atoms with Gasteiger partial charge in [-0.3, -0.25) is 0 Å². The molecule has 0 unspecified atom stereocenters. The molecule has 0 aliphatic carbocycles. The Kier molecular flexibility index (Phi) is 2.44. The maximum Gasteiger partial charge on any atom is 0.246 e. The molecule has 3 heterocycles. The molecule has 1 N–H and O–H groups in total. The van der Waals surface area contributed by atoms with Crippen LogP contribution in [0.5, 0.6) is 0 Å². The van der Waals surface area contributed by atoms with Crippen molar-refractivity contribution in [1.29, 1.82) is 0 Å². The molecule has 0 aliphatic rings. The SMILES string of the molecule is Cc1ccc2nc(NCc3nc(C)no3)nn2c1. The summed E-state index contributed by atoms with van der Waals surface area (Å²) in [5.74, 6) is 1.67. The average Bonchev–Trinajstić information content (AvgIpc) is 2.92. The Morgan fingerprint density at radius 1 is 1.28 bits per heavy atom. The number of nitrogens with one attached hydrogen (secondary N) is 1. The Bertz CT molecular complexity index is 686. The zero-order chi connectivity index (χ0) is 12.5. The van der Waals surface area contributed by atoms with Gasteiger partial charge in [-0.1, -0.05) is 11.2 Å². The van der Waals surface area contributed by atoms with Crippen LogP contribution in [0.25, 0.3) is 5.65 Å². The summed E-state index contributed by atoms with van der Waals surface area (Å²) >= 11 is 0. The molecular weight excluding hydrogens is 232 g/mol. The Morgan fingerprint density at radius 3 is 2.94 bits per heavy atom. The third-order valence-corrected chi connectivity index (χ3v) is 2.45. The fraction of sp³-hybridized carbons (Fsp3) is 0.273. The molecule has 0 saturated carbocycles. The van der Waals surface area contributed by atoms with Crippen molar-refractivity contribution >= 4 is 11.6 Å². The zero-order valence-electron chi connectivity index (χ0n) is 10.1. The molecule has 0 amide bonds. The van der Waals surface area contributed by atoms with E-state index in [-0.39, 0.29) is 0 Å². The van der Waals surface area contributed by atoms with E-state index in [1.54, 1.807) is 11.4 Å². The van der Waals surface area contributed by atoms with E-state index in [2.05, 4.69) is 25.5 Å². The van der Waals surface area contributed by atoms with Crippen LogP contribution < -0.4 is 5.32 Å². The normalized spacial score (nSPS) is 11.0. The van der Waals surface area contributed by atoms with Crippen molar-refractivity contribution in [3.05, 3.63) is 35.6 Å². The van der Waals surface area contributed by atoms with Gasteiger partial charge in [0.15, 0.2) is 11.5 Å². The Balaban J connectivity index is 1.78. The number of hydrogen-bond acceptors (Lipinski definition) is 6. The number of nitrogens with zero attached hydrogens (tertiary/aromatic N) is 5. The van der Waals surface area contributed by atoms with Crippen LogP contribution in [0.4, 0.5) is 5.95 Å². The molecule has 18 heavy (non-hydrogen) atoms. The number of pyridine rings is 1. The molecule has 0 spiro atoms. The minimum Gasteiger partial charge on any atom is -0.344 e. The molecule has 0 fully saturated rings. The molecule has 0 aromatic carbocycles. The average molecular weight is 244 g/mol. The first-order valence-electron chi connectivity index (χ1n) is 5.57. The first kappa shape index (κ1) is 10.7. The summed E-state index contributed by atoms with van der Waals surface area (Å²) in [5.41, 5.74) is 1.93. The maximum absolute atomic E-state index is 4.99. The topological polar surface area (TPSA) is 81.1 Å². The van der Waals surface area contributed by atoms with Gasteiger partial charge in [0.1, 0.15) is 0 Å². The lowest BCUT2D eigenvalue weighted by atomic mass is 10.3. The van der Waals surface area contributed by atoms with Crippen molar-refractivity contribution in [1.82, 2.24) is 24.7 Å². The van der Waals surface area contributed by atoms with E-state index >= 15 is 0 Å². The monoisotopic (exact) mass is 244 g/mol. The summed E-state index contributed by atoms with van der Waals surface area (Å²) in [5, 5.41) is 11.1. The molecule has 0 bridgehead atoms. The molecule has 0 atom stereocenters. The van der Waals surface area contributed by atoms with Gasteiger partial charge in [-0.15, -0.1) is 5.10 Å². The number of rotatable bonds is 3. The Morgan fingerprint density at radius 2 is 2.17 bits per heavy atom. The lowest BCUT2D eigenvalue weighted by Gasteiger charge is -1.94. The molecule has 0 saturated heterocycles. The van der Waals surface area contributed by atoms with Crippen molar-refractivity contribution in [2.75, 3.05) is 5.32 Å². The molecule has 3 rings (SSSR count). The maximum atomic E-state index is 4.99. The molecule has 7 heteroatoms. The standard InChI is InChI=1S/C11H12N6O/c1-7-3-4-9-14-11(15-17(9)6-7)12-5-10-13-8(2)16-18-10/h3-4,6H,5H2,1-2H3,(H,12,15). The number of aromatic nitrogens is 5. The first-order valence-corrected chi connectivity index (χ1v) is 5.57. The van der Waals surface area contributed by atoms with Crippen LogP contribution in [-0.4, -0.2) is 24.7 Å². The second kappa shape index (κ2) is 4.10. The predicted octanol–water partition coefficient (Wildman–Crippen LogP) is 1.34. The van der Waals surface area contributed by atoms with E-state index in [1.807, 2.05) is 25.3 Å². The third-order valence-electron chi connectivity index (χ3n) is 2.45. The van der Waals surface area contributed by atoms with Crippen molar-refractivity contribution < 1.29 is 4.52 Å². The third kappa shape index (κ3) is 2.02. The zero-order valence-corrected chi connectivity index (χ0v) is 10.1. The number of fused-ring (bicyclic) bond motifs is 1. The van der Waals surface area contributed by atoms with Gasteiger partial charge in [0, 0.05) is 6.20 Å². The fourth-order valence-electron chi connectivity index (χ4n) is 1.63. The summed E-state index contributed by atoms with van der Waals surface area (Å²) in [6.45, 7) is 4.20. The summed E-state index contributed by atoms with van der Waals surface area (Å²) in [6, 6.07) is 3.92. The number of anilines is 1. The highest BCUT2D eigenvalue weighted by molar-refractivity contribution is 5.44. The van der Waals surface area contributed by atoms with Crippen LogP contribution in [-0.2, 0) is 6.54 Å². The highest BCUT2D eigenvalue weighted by Crippen LogP contribution is 2.08. The fourth-order valence-corrected chi connectivity index (χ4v) is 1.63. The van der Waals surface area contributed by atoms with Crippen molar-refractivity contribution in [2.45, 2.75) is 20.4 Å². The van der Waals surface area contributed by atoms with Crippen LogP contribution in [0, 0.1) is 13.8 Å². The summed E-state index contributed by atoms with van der Waals surface area (Å²) in [6.07, 6.45) is 1.92.